The van der Waals surface area contributed by atoms with Gasteiger partial charge in [0.15, 0.2) is 0 Å². The topological polar surface area (TPSA) is 69.6 Å². The molecule has 0 spiro atoms. The van der Waals surface area contributed by atoms with E-state index in [0.717, 1.165) is 18.9 Å². The van der Waals surface area contributed by atoms with Crippen molar-refractivity contribution < 1.29 is 19.1 Å². The van der Waals surface area contributed by atoms with Crippen molar-refractivity contribution in [1.82, 2.24) is 4.90 Å². The summed E-state index contributed by atoms with van der Waals surface area (Å²) < 4.78 is 13.2. The number of likely N-dealkylation sites (tertiary alicyclic amines) is 1. The molecule has 5 nitrogen and oxygen atoms in total. The quantitative estimate of drug-likeness (QED) is 0.900. The maximum Gasteiger partial charge on any atom is 0.321 e. The summed E-state index contributed by atoms with van der Waals surface area (Å²) in [5.41, 5.74) is 0.210. The van der Waals surface area contributed by atoms with Crippen LogP contribution < -0.4 is 5.32 Å². The summed E-state index contributed by atoms with van der Waals surface area (Å²) in [5, 5.41) is 11.6. The Balaban J connectivity index is 1.99. The molecular formula is C14H16ClFN2O3. The van der Waals surface area contributed by atoms with E-state index in [2.05, 4.69) is 5.32 Å². The van der Waals surface area contributed by atoms with E-state index in [1.165, 1.54) is 12.1 Å². The Morgan fingerprint density at radius 1 is 1.48 bits per heavy atom. The third-order valence-electron chi connectivity index (χ3n) is 3.44. The summed E-state index contributed by atoms with van der Waals surface area (Å²) in [7, 11) is 0. The molecule has 114 valence electrons. The van der Waals surface area contributed by atoms with Crippen LogP contribution in [0.2, 0.25) is 5.02 Å². The summed E-state index contributed by atoms with van der Waals surface area (Å²) in [6, 6.07) is 3.34. The molecule has 1 aliphatic rings. The molecule has 0 aliphatic carbocycles. The molecule has 2 amide bonds. The number of nitrogens with zero attached hydrogens (tertiary/aromatic N) is 1. The van der Waals surface area contributed by atoms with E-state index < -0.39 is 17.8 Å². The highest BCUT2D eigenvalue weighted by atomic mass is 35.5. The van der Waals surface area contributed by atoms with Crippen LogP contribution in [0.3, 0.4) is 0 Å². The first-order valence-electron chi connectivity index (χ1n) is 6.68. The molecule has 21 heavy (non-hydrogen) atoms. The fourth-order valence-corrected chi connectivity index (χ4v) is 2.62. The van der Waals surface area contributed by atoms with Crippen molar-refractivity contribution in [3.05, 3.63) is 29.0 Å². The number of amides is 2. The Morgan fingerprint density at radius 2 is 2.24 bits per heavy atom. The van der Waals surface area contributed by atoms with E-state index in [0.29, 0.717) is 13.1 Å². The van der Waals surface area contributed by atoms with Crippen LogP contribution in [-0.2, 0) is 4.79 Å². The number of benzene rings is 1. The van der Waals surface area contributed by atoms with Crippen LogP contribution >= 0.6 is 11.6 Å². The normalized spacial score (nSPS) is 18.4. The first-order valence-corrected chi connectivity index (χ1v) is 7.06. The molecular weight excluding hydrogens is 299 g/mol. The fraction of sp³-hybridized carbons (Fsp3) is 0.429. The number of hydrogen-bond donors (Lipinski definition) is 2. The van der Waals surface area contributed by atoms with Gasteiger partial charge in [0.05, 0.1) is 10.7 Å². The van der Waals surface area contributed by atoms with Gasteiger partial charge in [0, 0.05) is 19.5 Å². The number of carboxylic acids is 1. The number of carbonyl (C=O) groups excluding carboxylic acids is 1. The molecule has 1 aromatic rings. The molecule has 1 atom stereocenters. The number of anilines is 1. The van der Waals surface area contributed by atoms with E-state index in [-0.39, 0.29) is 23.0 Å². The lowest BCUT2D eigenvalue weighted by Crippen LogP contribution is -2.42. The lowest BCUT2D eigenvalue weighted by atomic mass is 9.95. The molecule has 1 aliphatic heterocycles. The molecule has 0 bridgehead atoms. The van der Waals surface area contributed by atoms with Gasteiger partial charge in [-0.05, 0) is 37.0 Å². The number of piperidine rings is 1. The Bertz CT molecular complexity index is 553. The van der Waals surface area contributed by atoms with Crippen LogP contribution in [0.25, 0.3) is 0 Å². The first-order chi connectivity index (χ1) is 9.95. The average Bonchev–Trinajstić information content (AvgIpc) is 2.42. The molecule has 1 saturated heterocycles. The molecule has 1 fully saturated rings. The van der Waals surface area contributed by atoms with Crippen molar-refractivity contribution in [2.45, 2.75) is 19.3 Å². The second-order valence-corrected chi connectivity index (χ2v) is 5.51. The Hall–Kier alpha value is -1.82. The molecule has 0 radical (unpaired) electrons. The third kappa shape index (κ3) is 4.32. The minimum absolute atomic E-state index is 0.0461. The van der Waals surface area contributed by atoms with E-state index >= 15 is 0 Å². The first kappa shape index (κ1) is 15.6. The number of halogens is 2. The summed E-state index contributed by atoms with van der Waals surface area (Å²) in [4.78, 5) is 24.4. The lowest BCUT2D eigenvalue weighted by molar-refractivity contribution is -0.138. The molecule has 7 heteroatoms. The molecule has 1 heterocycles. The Kier molecular flexibility index (Phi) is 5.01. The van der Waals surface area contributed by atoms with Gasteiger partial charge < -0.3 is 15.3 Å². The van der Waals surface area contributed by atoms with Gasteiger partial charge in [0.2, 0.25) is 0 Å². The highest BCUT2D eigenvalue weighted by Gasteiger charge is 2.25. The van der Waals surface area contributed by atoms with Crippen LogP contribution in [0.1, 0.15) is 19.3 Å². The van der Waals surface area contributed by atoms with Gasteiger partial charge in [0.1, 0.15) is 5.82 Å². The van der Waals surface area contributed by atoms with Crippen LogP contribution in [0.5, 0.6) is 0 Å². The molecule has 0 aromatic heterocycles. The van der Waals surface area contributed by atoms with Crippen LogP contribution in [0, 0.1) is 11.7 Å². The summed E-state index contributed by atoms with van der Waals surface area (Å²) >= 11 is 5.90. The van der Waals surface area contributed by atoms with Gasteiger partial charge in [-0.15, -0.1) is 0 Å². The lowest BCUT2D eigenvalue weighted by Gasteiger charge is -2.32. The maximum atomic E-state index is 13.2. The van der Waals surface area contributed by atoms with Crippen molar-refractivity contribution >= 4 is 29.3 Å². The minimum atomic E-state index is -0.865. The van der Waals surface area contributed by atoms with Crippen LogP contribution in [0.15, 0.2) is 18.2 Å². The van der Waals surface area contributed by atoms with Gasteiger partial charge in [-0.25, -0.2) is 9.18 Å². The van der Waals surface area contributed by atoms with E-state index in [4.69, 9.17) is 16.7 Å². The number of aliphatic carboxylic acids is 1. The SMILES string of the molecule is O=C(O)CC1CCCN(C(=O)Nc2cc(F)ccc2Cl)C1. The number of nitrogens with one attached hydrogen (secondary N) is 1. The summed E-state index contributed by atoms with van der Waals surface area (Å²) in [5.74, 6) is -1.41. The van der Waals surface area contributed by atoms with Gasteiger partial charge >= 0.3 is 12.0 Å². The van der Waals surface area contributed by atoms with E-state index in [9.17, 15) is 14.0 Å². The third-order valence-corrected chi connectivity index (χ3v) is 3.77. The zero-order valence-electron chi connectivity index (χ0n) is 11.3. The van der Waals surface area contributed by atoms with Gasteiger partial charge in [-0.1, -0.05) is 11.6 Å². The number of carboxylic acid groups (broad SMARTS) is 1. The van der Waals surface area contributed by atoms with Crippen molar-refractivity contribution in [3.8, 4) is 0 Å². The standard InChI is InChI=1S/C14H16ClFN2O3/c15-11-4-3-10(16)7-12(11)17-14(21)18-5-1-2-9(8-18)6-13(19)20/h3-4,7,9H,1-2,5-6,8H2,(H,17,21)(H,19,20). The van der Waals surface area contributed by atoms with E-state index in [1.54, 1.807) is 4.90 Å². The Morgan fingerprint density at radius 3 is 2.95 bits per heavy atom. The number of rotatable bonds is 3. The average molecular weight is 315 g/mol. The van der Waals surface area contributed by atoms with Crippen molar-refractivity contribution in [1.29, 1.82) is 0 Å². The fourth-order valence-electron chi connectivity index (χ4n) is 2.45. The maximum absolute atomic E-state index is 13.2. The van der Waals surface area contributed by atoms with Crippen molar-refractivity contribution in [2.75, 3.05) is 18.4 Å². The van der Waals surface area contributed by atoms with Crippen molar-refractivity contribution in [2.24, 2.45) is 5.92 Å². The second-order valence-electron chi connectivity index (χ2n) is 5.11. The Labute approximate surface area is 126 Å². The monoisotopic (exact) mass is 314 g/mol. The molecule has 2 N–H and O–H groups in total. The molecule has 0 saturated carbocycles. The number of carbonyl (C=O) groups is 2. The smallest absolute Gasteiger partial charge is 0.321 e. The van der Waals surface area contributed by atoms with Gasteiger partial charge in [0.25, 0.3) is 0 Å². The summed E-state index contributed by atoms with van der Waals surface area (Å²) in [6.45, 7) is 0.931. The predicted octanol–water partition coefficient (Wildman–Crippen LogP) is 3.20. The summed E-state index contributed by atoms with van der Waals surface area (Å²) in [6.07, 6.45) is 1.59. The molecule has 1 unspecified atom stereocenters. The minimum Gasteiger partial charge on any atom is -0.481 e. The zero-order valence-corrected chi connectivity index (χ0v) is 12.1. The number of urea groups is 1. The van der Waals surface area contributed by atoms with Crippen molar-refractivity contribution in [3.63, 3.8) is 0 Å². The highest BCUT2D eigenvalue weighted by molar-refractivity contribution is 6.33. The largest absolute Gasteiger partial charge is 0.481 e. The van der Waals surface area contributed by atoms with Gasteiger partial charge in [-0.2, -0.15) is 0 Å². The second kappa shape index (κ2) is 6.76. The number of hydrogen-bond acceptors (Lipinski definition) is 2. The van der Waals surface area contributed by atoms with Gasteiger partial charge in [-0.3, -0.25) is 4.79 Å². The molecule has 1 aromatic carbocycles. The van der Waals surface area contributed by atoms with Crippen LogP contribution in [-0.4, -0.2) is 35.1 Å². The predicted molar refractivity (Wildman–Crippen MR) is 77.0 cm³/mol. The van der Waals surface area contributed by atoms with Crippen LogP contribution in [0.4, 0.5) is 14.9 Å². The molecule has 2 rings (SSSR count). The van der Waals surface area contributed by atoms with E-state index in [1.807, 2.05) is 0 Å². The highest BCUT2D eigenvalue weighted by Crippen LogP contribution is 2.24. The zero-order chi connectivity index (χ0) is 15.4.